The molecule has 1 amide bonds. The van der Waals surface area contributed by atoms with E-state index in [1.165, 1.54) is 30.4 Å². The first-order valence-corrected chi connectivity index (χ1v) is 12.1. The van der Waals surface area contributed by atoms with Crippen molar-refractivity contribution in [1.82, 2.24) is 3.80 Å². The molecule has 3 rings (SSSR count). The van der Waals surface area contributed by atoms with Gasteiger partial charge in [-0.3, -0.25) is 0 Å². The van der Waals surface area contributed by atoms with Crippen LogP contribution in [0.25, 0.3) is 0 Å². The normalized spacial score (nSPS) is 37.9. The molecule has 0 radical (unpaired) electrons. The molecule has 0 aromatic heterocycles. The molecule has 5 unspecified atom stereocenters. The van der Waals surface area contributed by atoms with Crippen molar-refractivity contribution in [3.63, 3.8) is 0 Å². The first-order chi connectivity index (χ1) is 9.94. The number of halogens is 2. The molecule has 2 nitrogen and oxygen atoms in total. The van der Waals surface area contributed by atoms with Crippen LogP contribution in [-0.2, 0) is 25.5 Å². The molecule has 0 spiro atoms. The third-order valence-corrected chi connectivity index (χ3v) is 9.18. The van der Waals surface area contributed by atoms with Gasteiger partial charge in [-0.05, 0) is 0 Å². The molecule has 3 aliphatic carbocycles. The summed E-state index contributed by atoms with van der Waals surface area (Å²) in [7, 11) is -0.897. The number of fused-ring (bicyclic) bond motifs is 2. The van der Waals surface area contributed by atoms with Gasteiger partial charge in [0.2, 0.25) is 0 Å². The molecular weight excluding hydrogens is 381 g/mol. The number of nitrogens with one attached hydrogen (secondary N) is 1. The van der Waals surface area contributed by atoms with E-state index in [2.05, 4.69) is 42.9 Å². The molecule has 2 bridgehead atoms. The maximum atomic E-state index is 13.2. The molecule has 0 aromatic rings. The quantitative estimate of drug-likeness (QED) is 0.510. The van der Waals surface area contributed by atoms with Crippen LogP contribution in [0.2, 0.25) is 18.6 Å². The van der Waals surface area contributed by atoms with E-state index in [-0.39, 0.29) is 30.2 Å². The zero-order valence-electron chi connectivity index (χ0n) is 14.3. The van der Waals surface area contributed by atoms with Gasteiger partial charge in [0.05, 0.1) is 0 Å². The minimum absolute atomic E-state index is 0. The van der Waals surface area contributed by atoms with E-state index in [4.69, 9.17) is 0 Å². The van der Waals surface area contributed by atoms with Gasteiger partial charge < -0.3 is 24.8 Å². The van der Waals surface area contributed by atoms with E-state index >= 15 is 0 Å². The van der Waals surface area contributed by atoms with Crippen molar-refractivity contribution >= 4 is 14.7 Å². The van der Waals surface area contributed by atoms with Gasteiger partial charge in [0.25, 0.3) is 0 Å². The first kappa shape index (κ1) is 21.5. The van der Waals surface area contributed by atoms with Crippen LogP contribution in [0.3, 0.4) is 0 Å². The summed E-state index contributed by atoms with van der Waals surface area (Å²) in [5, 5.41) is 0. The Morgan fingerprint density at radius 2 is 2.00 bits per heavy atom. The molecule has 2 fully saturated rings. The monoisotopic (exact) mass is 406 g/mol. The van der Waals surface area contributed by atoms with Crippen molar-refractivity contribution in [2.45, 2.75) is 51.7 Å². The van der Waals surface area contributed by atoms with E-state index in [9.17, 15) is 4.79 Å². The zero-order valence-corrected chi connectivity index (χ0v) is 18.6. The molecule has 0 aliphatic heterocycles. The second kappa shape index (κ2) is 7.78. The average molecular weight is 407 g/mol. The second-order valence-corrected chi connectivity index (χ2v) is 11.2. The van der Waals surface area contributed by atoms with Gasteiger partial charge in [0.1, 0.15) is 0 Å². The van der Waals surface area contributed by atoms with Crippen molar-refractivity contribution in [3.8, 4) is 0 Å². The molecule has 127 valence electrons. The van der Waals surface area contributed by atoms with Crippen molar-refractivity contribution in [2.75, 3.05) is 0 Å². The van der Waals surface area contributed by atoms with Crippen LogP contribution < -0.4 is 28.6 Å². The van der Waals surface area contributed by atoms with Crippen LogP contribution in [0.5, 0.6) is 0 Å². The second-order valence-electron chi connectivity index (χ2n) is 7.61. The standard InChI is InChI=1S/C17H27NOSi.2ClH.Ti/c1-10-5-6-11(2)14(10)17(16(18)19)13-8-7-12(9-13)15(17)20(3)4;;;/h5-6,10,12-13,15,20H,7-9H2,1-4H3,(H2,18,19);2*1H;/q;;;+3/p-3. The average Bonchev–Trinajstić information content (AvgIpc) is 3.11. The Morgan fingerprint density at radius 1 is 1.35 bits per heavy atom. The van der Waals surface area contributed by atoms with Crippen LogP contribution >= 0.6 is 0 Å². The molecule has 6 heteroatoms. The number of hydrogen-bond acceptors (Lipinski definition) is 1. The summed E-state index contributed by atoms with van der Waals surface area (Å²) in [5.74, 6) is 2.12. The predicted molar refractivity (Wildman–Crippen MR) is 85.0 cm³/mol. The van der Waals surface area contributed by atoms with Crippen molar-refractivity contribution in [1.29, 1.82) is 0 Å². The maximum absolute atomic E-state index is 13.2. The van der Waals surface area contributed by atoms with Crippen molar-refractivity contribution < 1.29 is 50.3 Å². The third-order valence-electron chi connectivity index (χ3n) is 6.32. The summed E-state index contributed by atoms with van der Waals surface area (Å²) >= 11 is 1.83. The number of amides is 1. The molecular formula is C17H26Cl2NOSiTi. The number of carbonyl (C=O) groups is 1. The molecule has 5 atom stereocenters. The molecule has 0 saturated heterocycles. The molecule has 23 heavy (non-hydrogen) atoms. The fourth-order valence-corrected chi connectivity index (χ4v) is 9.38. The first-order valence-electron chi connectivity index (χ1n) is 8.31. The van der Waals surface area contributed by atoms with Gasteiger partial charge in [-0.25, -0.2) is 0 Å². The van der Waals surface area contributed by atoms with Crippen LogP contribution in [-0.4, -0.2) is 14.7 Å². The summed E-state index contributed by atoms with van der Waals surface area (Å²) in [6.07, 6.45) is 8.43. The van der Waals surface area contributed by atoms with E-state index in [0.717, 1.165) is 5.92 Å². The van der Waals surface area contributed by atoms with Crippen LogP contribution in [0.4, 0.5) is 0 Å². The number of carbonyl (C=O) groups excluding carboxylic acids is 1. The van der Waals surface area contributed by atoms with Gasteiger partial charge in [0, 0.05) is 0 Å². The molecule has 3 aliphatic rings. The summed E-state index contributed by atoms with van der Waals surface area (Å²) in [6, 6.07) is 0. The van der Waals surface area contributed by atoms with Crippen LogP contribution in [0.1, 0.15) is 33.1 Å². The van der Waals surface area contributed by atoms with E-state index < -0.39 is 8.80 Å². The maximum Gasteiger partial charge on any atom is -1.00 e. The van der Waals surface area contributed by atoms with Gasteiger partial charge in [0.15, 0.2) is 0 Å². The molecule has 2 saturated carbocycles. The Labute approximate surface area is 166 Å². The van der Waals surface area contributed by atoms with Crippen LogP contribution in [0.15, 0.2) is 23.3 Å². The Kier molecular flexibility index (Phi) is 7.28. The van der Waals surface area contributed by atoms with Crippen LogP contribution in [0, 0.1) is 23.2 Å². The summed E-state index contributed by atoms with van der Waals surface area (Å²) < 4.78 is 3.06. The Balaban J connectivity index is 0.00000132. The summed E-state index contributed by atoms with van der Waals surface area (Å²) in [4.78, 5) is 13.2. The van der Waals surface area contributed by atoms with E-state index in [0.29, 0.717) is 23.3 Å². The predicted octanol–water partition coefficient (Wildman–Crippen LogP) is -2.63. The summed E-state index contributed by atoms with van der Waals surface area (Å²) in [5.41, 5.74) is 3.27. The largest absolute Gasteiger partial charge is 1.00 e. The smallest absolute Gasteiger partial charge is 1.00 e. The topological polar surface area (TPSA) is 29.1 Å². The minimum atomic E-state index is -0.897. The Hall–Kier alpha value is 0.461. The molecule has 0 aromatic carbocycles. The van der Waals surface area contributed by atoms with Gasteiger partial charge >= 0.3 is 142 Å². The zero-order chi connectivity index (χ0) is 15.4. The SMILES string of the molecule is CC1=C(C2(C(=O)[NH][Ti+2])C3CCC(C3)C2[SiH](C)C)C(C)C=C1.[Cl-].[Cl-]. The molecule has 0 heterocycles. The minimum Gasteiger partial charge on any atom is -1.00 e. The van der Waals surface area contributed by atoms with E-state index in [1.807, 2.05) is 20.7 Å². The Bertz CT molecular complexity index is 537. The van der Waals surface area contributed by atoms with Gasteiger partial charge in [-0.1, -0.05) is 0 Å². The number of hydrogen-bond donors (Lipinski definition) is 1. The Morgan fingerprint density at radius 3 is 2.48 bits per heavy atom. The fraction of sp³-hybridized carbons (Fsp3) is 0.706. The summed E-state index contributed by atoms with van der Waals surface area (Å²) in [6.45, 7) is 9.39. The van der Waals surface area contributed by atoms with Gasteiger partial charge in [-0.15, -0.1) is 0 Å². The van der Waals surface area contributed by atoms with Crippen molar-refractivity contribution in [2.24, 2.45) is 23.2 Å². The number of rotatable bonds is 3. The van der Waals surface area contributed by atoms with Gasteiger partial charge in [-0.2, -0.15) is 0 Å². The molecule has 1 N–H and O–H groups in total. The third kappa shape index (κ3) is 2.95. The van der Waals surface area contributed by atoms with E-state index in [1.54, 1.807) is 0 Å². The van der Waals surface area contributed by atoms with Crippen molar-refractivity contribution in [3.05, 3.63) is 23.3 Å². The fourth-order valence-electron chi connectivity index (χ4n) is 5.97. The number of allylic oxidation sites excluding steroid dienone is 3.